The summed E-state index contributed by atoms with van der Waals surface area (Å²) in [6.07, 6.45) is 0. The van der Waals surface area contributed by atoms with Crippen LogP contribution in [0, 0.1) is 5.82 Å². The smallest absolute Gasteiger partial charge is 0.251 e. The van der Waals surface area contributed by atoms with Gasteiger partial charge in [0, 0.05) is 11.1 Å². The molecule has 0 aromatic heterocycles. The Morgan fingerprint density at radius 3 is 2.34 bits per heavy atom. The van der Waals surface area contributed by atoms with E-state index in [0.717, 1.165) is 22.4 Å². The Balaban J connectivity index is 1.78. The van der Waals surface area contributed by atoms with E-state index in [1.54, 1.807) is 30.3 Å². The summed E-state index contributed by atoms with van der Waals surface area (Å²) in [6.45, 7) is 8.84. The van der Waals surface area contributed by atoms with Crippen LogP contribution in [0.1, 0.15) is 66.7 Å². The SMILES string of the molecule is CCOc1ccc(C(=O)NC(C)c2ccc(F)cc2)cc1COc1ccccc1C(C)C. The molecule has 168 valence electrons. The van der Waals surface area contributed by atoms with Gasteiger partial charge in [0.25, 0.3) is 5.91 Å². The van der Waals surface area contributed by atoms with Gasteiger partial charge in [-0.25, -0.2) is 4.39 Å². The number of benzene rings is 3. The monoisotopic (exact) mass is 435 g/mol. The van der Waals surface area contributed by atoms with Crippen LogP contribution in [0.4, 0.5) is 4.39 Å². The molecule has 0 aliphatic rings. The maximum absolute atomic E-state index is 13.2. The topological polar surface area (TPSA) is 47.6 Å². The molecule has 0 heterocycles. The Labute approximate surface area is 189 Å². The summed E-state index contributed by atoms with van der Waals surface area (Å²) >= 11 is 0. The van der Waals surface area contributed by atoms with Gasteiger partial charge in [0.1, 0.15) is 23.9 Å². The lowest BCUT2D eigenvalue weighted by atomic mass is 10.0. The van der Waals surface area contributed by atoms with Crippen LogP contribution < -0.4 is 14.8 Å². The van der Waals surface area contributed by atoms with Crippen molar-refractivity contribution in [2.24, 2.45) is 0 Å². The number of carbonyl (C=O) groups excluding carboxylic acids is 1. The van der Waals surface area contributed by atoms with E-state index in [1.807, 2.05) is 32.0 Å². The molecule has 32 heavy (non-hydrogen) atoms. The highest BCUT2D eigenvalue weighted by Gasteiger charge is 2.15. The van der Waals surface area contributed by atoms with Crippen molar-refractivity contribution in [1.29, 1.82) is 0 Å². The molecule has 1 atom stereocenters. The molecule has 0 saturated heterocycles. The second-order valence-corrected chi connectivity index (χ2v) is 7.98. The van der Waals surface area contributed by atoms with E-state index < -0.39 is 0 Å². The number of rotatable bonds is 9. The minimum absolute atomic E-state index is 0.214. The first kappa shape index (κ1) is 23.3. The van der Waals surface area contributed by atoms with E-state index >= 15 is 0 Å². The third kappa shape index (κ3) is 5.88. The van der Waals surface area contributed by atoms with Crippen molar-refractivity contribution in [2.45, 2.75) is 46.3 Å². The van der Waals surface area contributed by atoms with Gasteiger partial charge < -0.3 is 14.8 Å². The Morgan fingerprint density at radius 1 is 0.938 bits per heavy atom. The van der Waals surface area contributed by atoms with Gasteiger partial charge in [0.05, 0.1) is 12.6 Å². The summed E-state index contributed by atoms with van der Waals surface area (Å²) in [5.41, 5.74) is 3.28. The summed E-state index contributed by atoms with van der Waals surface area (Å²) in [5, 5.41) is 2.97. The normalized spacial score (nSPS) is 11.8. The van der Waals surface area contributed by atoms with E-state index in [0.29, 0.717) is 23.8 Å². The lowest BCUT2D eigenvalue weighted by molar-refractivity contribution is 0.0939. The van der Waals surface area contributed by atoms with Crippen molar-refractivity contribution in [3.63, 3.8) is 0 Å². The number of nitrogens with one attached hydrogen (secondary N) is 1. The second kappa shape index (κ2) is 10.8. The number of hydrogen-bond donors (Lipinski definition) is 1. The van der Waals surface area contributed by atoms with Crippen LogP contribution in [0.5, 0.6) is 11.5 Å². The van der Waals surface area contributed by atoms with Crippen molar-refractivity contribution in [3.8, 4) is 11.5 Å². The average molecular weight is 436 g/mol. The molecule has 1 unspecified atom stereocenters. The highest BCUT2D eigenvalue weighted by Crippen LogP contribution is 2.28. The third-order valence-electron chi connectivity index (χ3n) is 5.26. The summed E-state index contributed by atoms with van der Waals surface area (Å²) in [4.78, 5) is 12.9. The van der Waals surface area contributed by atoms with Crippen LogP contribution in [0.25, 0.3) is 0 Å². The molecule has 0 radical (unpaired) electrons. The van der Waals surface area contributed by atoms with E-state index in [4.69, 9.17) is 9.47 Å². The number of hydrogen-bond acceptors (Lipinski definition) is 3. The Morgan fingerprint density at radius 2 is 1.66 bits per heavy atom. The molecule has 1 N–H and O–H groups in total. The highest BCUT2D eigenvalue weighted by molar-refractivity contribution is 5.94. The molecule has 1 amide bonds. The molecule has 0 aliphatic carbocycles. The molecule has 4 nitrogen and oxygen atoms in total. The van der Waals surface area contributed by atoms with Gasteiger partial charge in [-0.15, -0.1) is 0 Å². The first-order chi connectivity index (χ1) is 15.4. The van der Waals surface area contributed by atoms with Crippen LogP contribution in [-0.4, -0.2) is 12.5 Å². The van der Waals surface area contributed by atoms with E-state index in [9.17, 15) is 9.18 Å². The summed E-state index contributed by atoms with van der Waals surface area (Å²) in [5.74, 6) is 1.33. The Hall–Kier alpha value is -3.34. The summed E-state index contributed by atoms with van der Waals surface area (Å²) in [7, 11) is 0. The fourth-order valence-electron chi connectivity index (χ4n) is 3.49. The van der Waals surface area contributed by atoms with Gasteiger partial charge in [-0.05, 0) is 67.3 Å². The van der Waals surface area contributed by atoms with Crippen molar-refractivity contribution < 1.29 is 18.7 Å². The first-order valence-corrected chi connectivity index (χ1v) is 10.9. The molecule has 3 aromatic carbocycles. The van der Waals surface area contributed by atoms with Crippen LogP contribution in [0.3, 0.4) is 0 Å². The lowest BCUT2D eigenvalue weighted by Gasteiger charge is -2.17. The van der Waals surface area contributed by atoms with Crippen LogP contribution >= 0.6 is 0 Å². The number of halogens is 1. The zero-order valence-electron chi connectivity index (χ0n) is 19.0. The van der Waals surface area contributed by atoms with Gasteiger partial charge in [-0.1, -0.05) is 44.2 Å². The summed E-state index contributed by atoms with van der Waals surface area (Å²) < 4.78 is 25.0. The zero-order chi connectivity index (χ0) is 23.1. The molecule has 0 aliphatic heterocycles. The molecule has 0 saturated carbocycles. The molecule has 0 spiro atoms. The highest BCUT2D eigenvalue weighted by atomic mass is 19.1. The zero-order valence-corrected chi connectivity index (χ0v) is 19.0. The fraction of sp³-hybridized carbons (Fsp3) is 0.296. The van der Waals surface area contributed by atoms with Crippen molar-refractivity contribution in [3.05, 3.63) is 94.8 Å². The third-order valence-corrected chi connectivity index (χ3v) is 5.26. The molecule has 3 rings (SSSR count). The van der Waals surface area contributed by atoms with Gasteiger partial charge >= 0.3 is 0 Å². The van der Waals surface area contributed by atoms with Crippen LogP contribution in [-0.2, 0) is 6.61 Å². The van der Waals surface area contributed by atoms with Crippen LogP contribution in [0.15, 0.2) is 66.7 Å². The van der Waals surface area contributed by atoms with Gasteiger partial charge in [0.15, 0.2) is 0 Å². The van der Waals surface area contributed by atoms with Gasteiger partial charge in [-0.3, -0.25) is 4.79 Å². The van der Waals surface area contributed by atoms with Crippen molar-refractivity contribution in [1.82, 2.24) is 5.32 Å². The van der Waals surface area contributed by atoms with Gasteiger partial charge in [0.2, 0.25) is 0 Å². The molecule has 5 heteroatoms. The Kier molecular flexibility index (Phi) is 7.87. The van der Waals surface area contributed by atoms with Crippen LogP contribution in [0.2, 0.25) is 0 Å². The van der Waals surface area contributed by atoms with Gasteiger partial charge in [-0.2, -0.15) is 0 Å². The minimum atomic E-state index is -0.303. The Bertz CT molecular complexity index is 1050. The predicted octanol–water partition coefficient (Wildman–Crippen LogP) is 6.42. The maximum atomic E-state index is 13.2. The molecule has 0 fully saturated rings. The van der Waals surface area contributed by atoms with E-state index in [1.165, 1.54) is 12.1 Å². The van der Waals surface area contributed by atoms with E-state index in [2.05, 4.69) is 25.2 Å². The number of amides is 1. The summed E-state index contributed by atoms with van der Waals surface area (Å²) in [6, 6.07) is 19.2. The lowest BCUT2D eigenvalue weighted by Crippen LogP contribution is -2.26. The quantitative estimate of drug-likeness (QED) is 0.422. The standard InChI is InChI=1S/C27H30FNO3/c1-5-31-25-15-12-21(27(30)29-19(4)20-10-13-23(28)14-11-20)16-22(25)17-32-26-9-7-6-8-24(26)18(2)3/h6-16,18-19H,5,17H2,1-4H3,(H,29,30). The van der Waals surface area contributed by atoms with E-state index in [-0.39, 0.29) is 24.4 Å². The molecule has 0 bridgehead atoms. The average Bonchev–Trinajstić information content (AvgIpc) is 2.79. The molecular formula is C27H30FNO3. The van der Waals surface area contributed by atoms with Crippen molar-refractivity contribution in [2.75, 3.05) is 6.61 Å². The fourth-order valence-corrected chi connectivity index (χ4v) is 3.49. The number of carbonyl (C=O) groups is 1. The minimum Gasteiger partial charge on any atom is -0.493 e. The largest absolute Gasteiger partial charge is 0.493 e. The van der Waals surface area contributed by atoms with Crippen molar-refractivity contribution >= 4 is 5.91 Å². The first-order valence-electron chi connectivity index (χ1n) is 10.9. The molecule has 3 aromatic rings. The maximum Gasteiger partial charge on any atom is 0.251 e. The molecular weight excluding hydrogens is 405 g/mol. The predicted molar refractivity (Wildman–Crippen MR) is 125 cm³/mol. The number of para-hydroxylation sites is 1. The number of ether oxygens (including phenoxy) is 2. The second-order valence-electron chi connectivity index (χ2n) is 7.98.